The lowest BCUT2D eigenvalue weighted by Gasteiger charge is -2.27. The number of rotatable bonds is 5. The Balaban J connectivity index is 0.00000280. The van der Waals surface area contributed by atoms with Crippen LogP contribution in [0, 0.1) is 6.92 Å². The molecule has 1 heterocycles. The summed E-state index contributed by atoms with van der Waals surface area (Å²) in [5.74, 6) is -0.136. The van der Waals surface area contributed by atoms with Gasteiger partial charge >= 0.3 is 0 Å². The Kier molecular flexibility index (Phi) is 7.84. The van der Waals surface area contributed by atoms with Crippen LogP contribution >= 0.6 is 12.4 Å². The fourth-order valence-corrected chi connectivity index (χ4v) is 3.06. The summed E-state index contributed by atoms with van der Waals surface area (Å²) >= 11 is 0. The number of nitrogens with two attached hydrogens (primary N) is 1. The molecule has 0 saturated carbocycles. The number of ether oxygens (including phenoxy) is 1. The quantitative estimate of drug-likeness (QED) is 0.751. The predicted molar refractivity (Wildman–Crippen MR) is 113 cm³/mol. The van der Waals surface area contributed by atoms with E-state index in [-0.39, 0.29) is 24.2 Å². The van der Waals surface area contributed by atoms with Crippen molar-refractivity contribution in [2.24, 2.45) is 0 Å². The number of nitrogen functional groups attached to an aromatic ring is 1. The summed E-state index contributed by atoms with van der Waals surface area (Å²) in [4.78, 5) is 26.8. The number of hydrogen-bond donors (Lipinski definition) is 2. The van der Waals surface area contributed by atoms with Gasteiger partial charge in [-0.15, -0.1) is 12.4 Å². The molecular formula is C21H26ClN3O3. The average molecular weight is 404 g/mol. The van der Waals surface area contributed by atoms with Crippen LogP contribution in [0.1, 0.15) is 27.9 Å². The monoisotopic (exact) mass is 403 g/mol. The highest BCUT2D eigenvalue weighted by Gasteiger charge is 2.19. The van der Waals surface area contributed by atoms with Gasteiger partial charge in [0.25, 0.3) is 5.91 Å². The molecule has 0 aliphatic carbocycles. The molecule has 2 aromatic rings. The van der Waals surface area contributed by atoms with Crippen LogP contribution in [0.3, 0.4) is 0 Å². The van der Waals surface area contributed by atoms with E-state index in [0.717, 1.165) is 11.1 Å². The molecule has 1 saturated heterocycles. The lowest BCUT2D eigenvalue weighted by Crippen LogP contribution is -2.40. The van der Waals surface area contributed by atoms with Crippen LogP contribution in [-0.4, -0.2) is 43.0 Å². The van der Waals surface area contributed by atoms with Gasteiger partial charge in [0.1, 0.15) is 0 Å². The Bertz CT molecular complexity index is 835. The van der Waals surface area contributed by atoms with Gasteiger partial charge in [0, 0.05) is 36.4 Å². The minimum absolute atomic E-state index is 0. The highest BCUT2D eigenvalue weighted by molar-refractivity contribution is 5.98. The standard InChI is InChI=1S/C21H25N3O3.ClH/c1-15-6-7-17(21(26)24-10-12-27-13-11-24)14-19(15)23-20(25)9-8-16-4-2-3-5-18(16)22;/h2-7,14H,8-13,22H2,1H3,(H,23,25);1H. The molecule has 28 heavy (non-hydrogen) atoms. The van der Waals surface area contributed by atoms with Crippen molar-refractivity contribution in [1.82, 2.24) is 4.90 Å². The molecule has 3 N–H and O–H groups in total. The van der Waals surface area contributed by atoms with E-state index in [9.17, 15) is 9.59 Å². The molecule has 1 fully saturated rings. The van der Waals surface area contributed by atoms with Crippen molar-refractivity contribution < 1.29 is 14.3 Å². The molecular weight excluding hydrogens is 378 g/mol. The van der Waals surface area contributed by atoms with Crippen LogP contribution in [-0.2, 0) is 16.0 Å². The second-order valence-corrected chi connectivity index (χ2v) is 6.68. The summed E-state index contributed by atoms with van der Waals surface area (Å²) < 4.78 is 5.29. The summed E-state index contributed by atoms with van der Waals surface area (Å²) in [6.45, 7) is 4.21. The summed E-state index contributed by atoms with van der Waals surface area (Å²) in [5.41, 5.74) is 9.74. The van der Waals surface area contributed by atoms with Crippen molar-refractivity contribution in [1.29, 1.82) is 0 Å². The van der Waals surface area contributed by atoms with Crippen LogP contribution in [0.2, 0.25) is 0 Å². The number of para-hydroxylation sites is 1. The number of anilines is 2. The highest BCUT2D eigenvalue weighted by Crippen LogP contribution is 2.20. The number of halogens is 1. The third kappa shape index (κ3) is 5.47. The minimum Gasteiger partial charge on any atom is -0.399 e. The molecule has 0 aromatic heterocycles. The molecule has 7 heteroatoms. The third-order valence-corrected chi connectivity index (χ3v) is 4.73. The molecule has 0 bridgehead atoms. The first kappa shape index (κ1) is 21.7. The van der Waals surface area contributed by atoms with Crippen LogP contribution < -0.4 is 11.1 Å². The maximum Gasteiger partial charge on any atom is 0.254 e. The Morgan fingerprint density at radius 2 is 1.86 bits per heavy atom. The molecule has 1 aliphatic rings. The zero-order valence-corrected chi connectivity index (χ0v) is 16.8. The summed E-state index contributed by atoms with van der Waals surface area (Å²) in [6.07, 6.45) is 0.902. The van der Waals surface area contributed by atoms with Crippen molar-refractivity contribution in [2.75, 3.05) is 37.4 Å². The Hall–Kier alpha value is -2.57. The maximum atomic E-state index is 12.6. The number of carbonyl (C=O) groups is 2. The van der Waals surface area contributed by atoms with Crippen molar-refractivity contribution in [3.05, 3.63) is 59.2 Å². The molecule has 0 radical (unpaired) electrons. The van der Waals surface area contributed by atoms with Gasteiger partial charge in [0.2, 0.25) is 5.91 Å². The van der Waals surface area contributed by atoms with Gasteiger partial charge in [-0.2, -0.15) is 0 Å². The number of amides is 2. The topological polar surface area (TPSA) is 84.7 Å². The van der Waals surface area contributed by atoms with E-state index in [1.54, 1.807) is 17.0 Å². The molecule has 0 spiro atoms. The highest BCUT2D eigenvalue weighted by atomic mass is 35.5. The normalized spacial score (nSPS) is 13.5. The van der Waals surface area contributed by atoms with E-state index in [1.165, 1.54) is 0 Å². The summed E-state index contributed by atoms with van der Waals surface area (Å²) in [7, 11) is 0. The van der Waals surface area contributed by atoms with E-state index in [0.29, 0.717) is 56.1 Å². The van der Waals surface area contributed by atoms with Gasteiger partial charge in [-0.3, -0.25) is 9.59 Å². The Morgan fingerprint density at radius 1 is 1.14 bits per heavy atom. The van der Waals surface area contributed by atoms with Gasteiger partial charge in [-0.25, -0.2) is 0 Å². The molecule has 0 unspecified atom stereocenters. The first-order valence-corrected chi connectivity index (χ1v) is 9.15. The van der Waals surface area contributed by atoms with Crippen LogP contribution in [0.15, 0.2) is 42.5 Å². The molecule has 150 valence electrons. The first-order valence-electron chi connectivity index (χ1n) is 9.15. The predicted octanol–water partition coefficient (Wildman–Crippen LogP) is 3.04. The molecule has 0 atom stereocenters. The number of aryl methyl sites for hydroxylation is 2. The Labute approximate surface area is 171 Å². The largest absolute Gasteiger partial charge is 0.399 e. The third-order valence-electron chi connectivity index (χ3n) is 4.73. The van der Waals surface area contributed by atoms with Crippen molar-refractivity contribution in [2.45, 2.75) is 19.8 Å². The van der Waals surface area contributed by atoms with Gasteiger partial charge in [0.15, 0.2) is 0 Å². The second kappa shape index (κ2) is 10.1. The molecule has 2 aromatic carbocycles. The zero-order chi connectivity index (χ0) is 19.2. The van der Waals surface area contributed by atoms with Gasteiger partial charge in [-0.1, -0.05) is 24.3 Å². The number of benzene rings is 2. The summed E-state index contributed by atoms with van der Waals surface area (Å²) in [6, 6.07) is 13.0. The van der Waals surface area contributed by atoms with E-state index < -0.39 is 0 Å². The lowest BCUT2D eigenvalue weighted by atomic mass is 10.1. The molecule has 6 nitrogen and oxygen atoms in total. The van der Waals surface area contributed by atoms with Crippen LogP contribution in [0.4, 0.5) is 11.4 Å². The fourth-order valence-electron chi connectivity index (χ4n) is 3.06. The number of nitrogens with zero attached hydrogens (tertiary/aromatic N) is 1. The maximum absolute atomic E-state index is 12.6. The van der Waals surface area contributed by atoms with Gasteiger partial charge < -0.3 is 20.7 Å². The first-order chi connectivity index (χ1) is 13.0. The zero-order valence-electron chi connectivity index (χ0n) is 15.9. The minimum atomic E-state index is -0.0997. The van der Waals surface area contributed by atoms with Crippen molar-refractivity contribution >= 4 is 35.6 Å². The van der Waals surface area contributed by atoms with E-state index in [4.69, 9.17) is 10.5 Å². The number of morpholine rings is 1. The van der Waals surface area contributed by atoms with E-state index in [2.05, 4.69) is 5.32 Å². The Morgan fingerprint density at radius 3 is 2.57 bits per heavy atom. The van der Waals surface area contributed by atoms with E-state index >= 15 is 0 Å². The van der Waals surface area contributed by atoms with Crippen LogP contribution in [0.5, 0.6) is 0 Å². The SMILES string of the molecule is Cc1ccc(C(=O)N2CCOCC2)cc1NC(=O)CCc1ccccc1N.Cl. The van der Waals surface area contributed by atoms with Gasteiger partial charge in [0.05, 0.1) is 13.2 Å². The van der Waals surface area contributed by atoms with Crippen molar-refractivity contribution in [3.8, 4) is 0 Å². The van der Waals surface area contributed by atoms with E-state index in [1.807, 2.05) is 37.3 Å². The number of carbonyl (C=O) groups excluding carboxylic acids is 2. The molecule has 1 aliphatic heterocycles. The molecule has 2 amide bonds. The lowest BCUT2D eigenvalue weighted by molar-refractivity contribution is -0.116. The smallest absolute Gasteiger partial charge is 0.254 e. The molecule has 3 rings (SSSR count). The summed E-state index contributed by atoms with van der Waals surface area (Å²) in [5, 5.41) is 2.92. The fraction of sp³-hybridized carbons (Fsp3) is 0.333. The average Bonchev–Trinajstić information content (AvgIpc) is 2.69. The van der Waals surface area contributed by atoms with Crippen molar-refractivity contribution in [3.63, 3.8) is 0 Å². The number of nitrogens with one attached hydrogen (secondary N) is 1. The second-order valence-electron chi connectivity index (χ2n) is 6.68. The van der Waals surface area contributed by atoms with Crippen LogP contribution in [0.25, 0.3) is 0 Å². The van der Waals surface area contributed by atoms with Gasteiger partial charge in [-0.05, 0) is 42.7 Å². The number of hydrogen-bond acceptors (Lipinski definition) is 4.